The number of hydrogen-bond acceptors (Lipinski definition) is 6. The van der Waals surface area contributed by atoms with Crippen molar-refractivity contribution in [1.29, 1.82) is 0 Å². The quantitative estimate of drug-likeness (QED) is 0.539. The predicted molar refractivity (Wildman–Crippen MR) is 83.9 cm³/mol. The molecule has 0 amide bonds. The van der Waals surface area contributed by atoms with Gasteiger partial charge in [-0.3, -0.25) is 13.9 Å². The zero-order valence-electron chi connectivity index (χ0n) is 11.5. The highest BCUT2D eigenvalue weighted by Gasteiger charge is 2.12. The van der Waals surface area contributed by atoms with Gasteiger partial charge in [0.05, 0.1) is 13.7 Å². The van der Waals surface area contributed by atoms with Crippen molar-refractivity contribution >= 4 is 31.2 Å². The molecule has 0 aliphatic carbocycles. The predicted octanol–water partition coefficient (Wildman–Crippen LogP) is 0.712. The summed E-state index contributed by atoms with van der Waals surface area (Å²) >= 11 is -0.418. The van der Waals surface area contributed by atoms with Crippen LogP contribution in [-0.2, 0) is 16.1 Å². The molecule has 2 N–H and O–H groups in total. The van der Waals surface area contributed by atoms with Crippen LogP contribution in [-0.4, -0.2) is 33.4 Å². The highest BCUT2D eigenvalue weighted by Crippen LogP contribution is 2.16. The van der Waals surface area contributed by atoms with E-state index in [2.05, 4.69) is 18.9 Å². The maximum atomic E-state index is 11.4. The lowest BCUT2D eigenvalue weighted by Gasteiger charge is -2.07. The molecule has 1 unspecified atom stereocenters. The molecule has 112 valence electrons. The normalized spacial score (nSPS) is 13.2. The van der Waals surface area contributed by atoms with Gasteiger partial charge in [-0.05, 0) is 19.8 Å². The van der Waals surface area contributed by atoms with Gasteiger partial charge in [-0.2, -0.15) is 0 Å². The second-order valence-corrected chi connectivity index (χ2v) is 6.22. The molecular formula is C12H18IN3O4. The molecule has 1 rings (SSSR count). The zero-order valence-corrected chi connectivity index (χ0v) is 13.6. The second-order valence-electron chi connectivity index (χ2n) is 4.07. The van der Waals surface area contributed by atoms with Gasteiger partial charge in [0.2, 0.25) is 0 Å². The Morgan fingerprint density at radius 1 is 1.70 bits per heavy atom. The Balaban J connectivity index is 2.63. The minimum atomic E-state index is -0.624. The molecule has 0 fully saturated rings. The maximum absolute atomic E-state index is 11.4. The van der Waals surface area contributed by atoms with E-state index in [0.717, 1.165) is 3.58 Å². The number of methoxy groups -OCH3 is 1. The molecule has 1 aromatic heterocycles. The highest BCUT2D eigenvalue weighted by atomic mass is 127. The summed E-state index contributed by atoms with van der Waals surface area (Å²) < 4.78 is 15.6. The molecule has 1 heterocycles. The number of carbonyl (C=O) groups is 1. The van der Waals surface area contributed by atoms with Gasteiger partial charge < -0.3 is 10.5 Å². The number of aryl methyl sites for hydroxylation is 1. The van der Waals surface area contributed by atoms with E-state index in [1.807, 2.05) is 6.08 Å². The Hall–Kier alpha value is -1.29. The maximum Gasteiger partial charge on any atom is 0.441 e. The standard InChI is InChI=1S/C12H18IN3O4/c1-8-15-20-12(18)16(8)7-9(13-2)5-4-6-10(14)11(17)19-3/h5,10H,2,4,6-7,14H2,1,3H3/b9-5+. The van der Waals surface area contributed by atoms with Crippen LogP contribution >= 0.6 is 20.7 Å². The molecule has 20 heavy (non-hydrogen) atoms. The van der Waals surface area contributed by atoms with E-state index in [9.17, 15) is 9.59 Å². The molecule has 0 aromatic carbocycles. The summed E-state index contributed by atoms with van der Waals surface area (Å²) in [5.41, 5.74) is 5.65. The van der Waals surface area contributed by atoms with Crippen LogP contribution in [0.3, 0.4) is 0 Å². The molecule has 0 bridgehead atoms. The van der Waals surface area contributed by atoms with Crippen molar-refractivity contribution in [2.45, 2.75) is 32.4 Å². The number of allylic oxidation sites excluding steroid dienone is 2. The van der Waals surface area contributed by atoms with Crippen molar-refractivity contribution in [3.8, 4) is 0 Å². The van der Waals surface area contributed by atoms with Crippen LogP contribution in [0.2, 0.25) is 0 Å². The Bertz CT molecular complexity index is 561. The average molecular weight is 395 g/mol. The summed E-state index contributed by atoms with van der Waals surface area (Å²) in [6, 6.07) is -0.624. The summed E-state index contributed by atoms with van der Waals surface area (Å²) in [6.45, 7) is 2.13. The van der Waals surface area contributed by atoms with Crippen LogP contribution in [0.4, 0.5) is 0 Å². The van der Waals surface area contributed by atoms with Crippen molar-refractivity contribution < 1.29 is 14.1 Å². The van der Waals surface area contributed by atoms with Crippen LogP contribution in [0, 0.1) is 6.92 Å². The van der Waals surface area contributed by atoms with Crippen LogP contribution in [0.5, 0.6) is 0 Å². The van der Waals surface area contributed by atoms with E-state index in [-0.39, 0.29) is 0 Å². The molecule has 0 aliphatic rings. The van der Waals surface area contributed by atoms with Crippen LogP contribution in [0.25, 0.3) is 0 Å². The van der Waals surface area contributed by atoms with Crippen molar-refractivity contribution in [3.63, 3.8) is 0 Å². The smallest absolute Gasteiger partial charge is 0.441 e. The first-order chi connectivity index (χ1) is 9.49. The monoisotopic (exact) mass is 395 g/mol. The summed E-state index contributed by atoms with van der Waals surface area (Å²) in [5, 5.41) is 3.61. The van der Waals surface area contributed by atoms with E-state index < -0.39 is 38.5 Å². The van der Waals surface area contributed by atoms with Crippen LogP contribution < -0.4 is 11.5 Å². The number of rotatable bonds is 7. The van der Waals surface area contributed by atoms with Crippen molar-refractivity contribution in [2.75, 3.05) is 7.11 Å². The molecule has 0 saturated carbocycles. The molecule has 1 atom stereocenters. The fourth-order valence-corrected chi connectivity index (χ4v) is 2.72. The molecule has 0 spiro atoms. The van der Waals surface area contributed by atoms with Crippen molar-refractivity contribution in [2.24, 2.45) is 5.73 Å². The van der Waals surface area contributed by atoms with Crippen LogP contribution in [0.1, 0.15) is 18.7 Å². The molecule has 0 saturated heterocycles. The first-order valence-corrected chi connectivity index (χ1v) is 8.54. The van der Waals surface area contributed by atoms with E-state index >= 15 is 0 Å². The summed E-state index contributed by atoms with van der Waals surface area (Å²) in [4.78, 5) is 22.6. The number of carbonyl (C=O) groups excluding carboxylic acids is 1. The van der Waals surface area contributed by atoms with E-state index in [0.29, 0.717) is 25.2 Å². The topological polar surface area (TPSA) is 100 Å². The first kappa shape index (κ1) is 16.8. The fraction of sp³-hybridized carbons (Fsp3) is 0.500. The third-order valence-corrected chi connectivity index (χ3v) is 4.46. The molecule has 0 aliphatic heterocycles. The molecular weight excluding hydrogens is 377 g/mol. The molecule has 0 radical (unpaired) electrons. The van der Waals surface area contributed by atoms with Crippen LogP contribution in [0.15, 0.2) is 19.0 Å². The summed E-state index contributed by atoms with van der Waals surface area (Å²) in [7, 11) is 1.31. The number of hydrogen-bond donors (Lipinski definition) is 1. The van der Waals surface area contributed by atoms with E-state index in [1.54, 1.807) is 6.92 Å². The van der Waals surface area contributed by atoms with Gasteiger partial charge in [-0.25, -0.2) is 4.79 Å². The highest BCUT2D eigenvalue weighted by molar-refractivity contribution is 14.2. The summed E-state index contributed by atoms with van der Waals surface area (Å²) in [6.07, 6.45) is 3.11. The summed E-state index contributed by atoms with van der Waals surface area (Å²) in [5.74, 6) is -0.364. The number of nitrogens with two attached hydrogens (primary N) is 1. The van der Waals surface area contributed by atoms with Gasteiger partial charge in [-0.15, -0.1) is 0 Å². The lowest BCUT2D eigenvalue weighted by atomic mass is 10.1. The van der Waals surface area contributed by atoms with Crippen molar-refractivity contribution in [1.82, 2.24) is 9.72 Å². The minimum Gasteiger partial charge on any atom is -0.468 e. The Labute approximate surface area is 126 Å². The number of esters is 1. The van der Waals surface area contributed by atoms with Gasteiger partial charge in [0, 0.05) is 3.58 Å². The van der Waals surface area contributed by atoms with Gasteiger partial charge in [0.25, 0.3) is 0 Å². The van der Waals surface area contributed by atoms with Crippen molar-refractivity contribution in [3.05, 3.63) is 26.0 Å². The third-order valence-electron chi connectivity index (χ3n) is 2.70. The molecule has 7 nitrogen and oxygen atoms in total. The van der Waals surface area contributed by atoms with E-state index in [1.165, 1.54) is 11.7 Å². The van der Waals surface area contributed by atoms with Gasteiger partial charge >= 0.3 is 11.7 Å². The number of aromatic nitrogens is 2. The Kier molecular flexibility index (Phi) is 6.79. The minimum absolute atomic E-state index is 0.418. The second kappa shape index (κ2) is 8.10. The lowest BCUT2D eigenvalue weighted by Crippen LogP contribution is -2.31. The molecule has 8 heteroatoms. The third kappa shape index (κ3) is 4.67. The van der Waals surface area contributed by atoms with E-state index in [4.69, 9.17) is 5.73 Å². The van der Waals surface area contributed by atoms with Gasteiger partial charge in [-0.1, -0.05) is 36.5 Å². The number of ether oxygens (including phenoxy) is 1. The zero-order chi connectivity index (χ0) is 15.1. The first-order valence-electron chi connectivity index (χ1n) is 5.93. The largest absolute Gasteiger partial charge is 0.468 e. The van der Waals surface area contributed by atoms with Gasteiger partial charge in [0.15, 0.2) is 5.82 Å². The number of nitrogens with zero attached hydrogens (tertiary/aromatic N) is 2. The number of halogens is 1. The fourth-order valence-electron chi connectivity index (χ4n) is 1.52. The lowest BCUT2D eigenvalue weighted by molar-refractivity contribution is -0.142. The van der Waals surface area contributed by atoms with Gasteiger partial charge in [0.1, 0.15) is 6.04 Å². The Morgan fingerprint density at radius 2 is 2.40 bits per heavy atom. The molecule has 1 aromatic rings. The Morgan fingerprint density at radius 3 is 2.90 bits per heavy atom. The SMILES string of the molecule is C=I/C(=C/CCC(N)C(=O)OC)Cn1c(C)noc1=O. The average Bonchev–Trinajstić information content (AvgIpc) is 2.76.